The average Bonchev–Trinajstić information content (AvgIpc) is 3.32. The molecule has 0 spiro atoms. The number of aliphatic hydroxyl groups excluding tert-OH is 1. The molecule has 9 heteroatoms. The molecule has 3 N–H and O–H groups in total. The summed E-state index contributed by atoms with van der Waals surface area (Å²) in [5.74, 6) is -2.76. The van der Waals surface area contributed by atoms with Gasteiger partial charge in [-0.2, -0.15) is 8.78 Å². The highest BCUT2D eigenvalue weighted by atomic mass is 19.3. The maximum absolute atomic E-state index is 15.1. The quantitative estimate of drug-likeness (QED) is 0.415. The number of ether oxygens (including phenoxy) is 1. The van der Waals surface area contributed by atoms with E-state index >= 15 is 8.78 Å². The lowest BCUT2D eigenvalue weighted by atomic mass is 9.66. The standard InChI is InChI=1S/C27H25F3N4O2/c28-20-7-5-19(6-8-20)27(29,30)18-3-1-17(2-4-18)21-22-23(31)32-13-14-34(22)24(33-21)25-9-11-26(15-35,12-10-25)36-16-25/h1-8,13-14,35H,9-12,15-16H2,(H2,31,32). The van der Waals surface area contributed by atoms with Crippen LogP contribution in [-0.2, 0) is 16.1 Å². The van der Waals surface area contributed by atoms with Crippen molar-refractivity contribution >= 4 is 11.3 Å². The van der Waals surface area contributed by atoms with Crippen LogP contribution < -0.4 is 5.73 Å². The summed E-state index contributed by atoms with van der Waals surface area (Å²) in [6.07, 6.45) is 6.54. The number of nitrogen functional groups attached to an aromatic ring is 1. The summed E-state index contributed by atoms with van der Waals surface area (Å²) in [5.41, 5.74) is 6.79. The molecule has 2 aromatic heterocycles. The summed E-state index contributed by atoms with van der Waals surface area (Å²) in [5, 5.41) is 9.81. The average molecular weight is 495 g/mol. The van der Waals surface area contributed by atoms with Crippen molar-refractivity contribution in [2.45, 2.75) is 42.6 Å². The van der Waals surface area contributed by atoms with Crippen LogP contribution in [0.2, 0.25) is 0 Å². The molecule has 2 bridgehead atoms. The van der Waals surface area contributed by atoms with Crippen molar-refractivity contribution in [1.29, 1.82) is 0 Å². The van der Waals surface area contributed by atoms with Crippen LogP contribution in [-0.4, -0.2) is 38.3 Å². The maximum atomic E-state index is 15.1. The van der Waals surface area contributed by atoms with E-state index in [1.807, 2.05) is 10.6 Å². The smallest absolute Gasteiger partial charge is 0.298 e. The Morgan fingerprint density at radius 2 is 1.64 bits per heavy atom. The highest BCUT2D eigenvalue weighted by molar-refractivity contribution is 5.85. The molecule has 3 aliphatic rings. The van der Waals surface area contributed by atoms with E-state index in [2.05, 4.69) is 4.98 Å². The van der Waals surface area contributed by atoms with Crippen molar-refractivity contribution in [3.05, 3.63) is 83.7 Å². The van der Waals surface area contributed by atoms with Gasteiger partial charge in [0.1, 0.15) is 28.7 Å². The van der Waals surface area contributed by atoms with Gasteiger partial charge in [0.15, 0.2) is 0 Å². The minimum Gasteiger partial charge on any atom is -0.393 e. The number of nitrogens with two attached hydrogens (primary N) is 1. The Hall–Kier alpha value is -3.43. The molecule has 4 aromatic rings. The van der Waals surface area contributed by atoms with Crippen molar-refractivity contribution in [3.8, 4) is 11.3 Å². The summed E-state index contributed by atoms with van der Waals surface area (Å²) in [7, 11) is 0. The van der Waals surface area contributed by atoms with E-state index in [0.717, 1.165) is 55.8 Å². The fraction of sp³-hybridized carbons (Fsp3) is 0.333. The highest BCUT2D eigenvalue weighted by Crippen LogP contribution is 2.50. The van der Waals surface area contributed by atoms with Crippen LogP contribution in [0.1, 0.15) is 42.6 Å². The van der Waals surface area contributed by atoms with Gasteiger partial charge >= 0.3 is 0 Å². The Kier molecular flexibility index (Phi) is 5.14. The van der Waals surface area contributed by atoms with Crippen LogP contribution in [0.5, 0.6) is 0 Å². The normalized spacial score (nSPS) is 23.9. The van der Waals surface area contributed by atoms with Gasteiger partial charge in [-0.3, -0.25) is 4.40 Å². The molecule has 36 heavy (non-hydrogen) atoms. The molecule has 2 saturated heterocycles. The number of hydrogen-bond acceptors (Lipinski definition) is 5. The van der Waals surface area contributed by atoms with Crippen molar-refractivity contribution in [2.75, 3.05) is 18.9 Å². The van der Waals surface area contributed by atoms with Gasteiger partial charge in [-0.15, -0.1) is 0 Å². The number of hydrogen-bond donors (Lipinski definition) is 2. The van der Waals surface area contributed by atoms with Gasteiger partial charge in [-0.1, -0.05) is 24.3 Å². The summed E-state index contributed by atoms with van der Waals surface area (Å²) in [6.45, 7) is 0.444. The topological polar surface area (TPSA) is 85.7 Å². The first-order valence-electron chi connectivity index (χ1n) is 11.9. The summed E-state index contributed by atoms with van der Waals surface area (Å²) < 4.78 is 51.4. The lowest BCUT2D eigenvalue weighted by molar-refractivity contribution is -0.177. The molecule has 6 nitrogen and oxygen atoms in total. The van der Waals surface area contributed by atoms with Crippen molar-refractivity contribution < 1.29 is 23.0 Å². The molecule has 0 unspecified atom stereocenters. The molecule has 1 aliphatic carbocycles. The fourth-order valence-electron chi connectivity index (χ4n) is 5.56. The Labute approximate surface area is 205 Å². The van der Waals surface area contributed by atoms with E-state index < -0.39 is 17.3 Å². The minimum atomic E-state index is -3.28. The van der Waals surface area contributed by atoms with E-state index in [4.69, 9.17) is 15.5 Å². The molecule has 7 rings (SSSR count). The van der Waals surface area contributed by atoms with Gasteiger partial charge in [-0.05, 0) is 49.9 Å². The Morgan fingerprint density at radius 3 is 2.22 bits per heavy atom. The summed E-state index contributed by atoms with van der Waals surface area (Å²) in [4.78, 5) is 9.23. The van der Waals surface area contributed by atoms with Crippen LogP contribution in [0.4, 0.5) is 19.0 Å². The van der Waals surface area contributed by atoms with E-state index in [-0.39, 0.29) is 23.1 Å². The second-order valence-electron chi connectivity index (χ2n) is 9.88. The lowest BCUT2D eigenvalue weighted by Gasteiger charge is -2.51. The molecular weight excluding hydrogens is 469 g/mol. The fourth-order valence-corrected chi connectivity index (χ4v) is 5.56. The second kappa shape index (κ2) is 8.04. The van der Waals surface area contributed by atoms with Gasteiger partial charge in [0.25, 0.3) is 5.92 Å². The molecule has 2 aromatic carbocycles. The van der Waals surface area contributed by atoms with Crippen molar-refractivity contribution in [3.63, 3.8) is 0 Å². The van der Waals surface area contributed by atoms with Crippen LogP contribution in [0.25, 0.3) is 16.8 Å². The maximum Gasteiger partial charge on any atom is 0.298 e. The number of rotatable bonds is 5. The molecular formula is C27H25F3N4O2. The number of nitrogens with zero attached hydrogens (tertiary/aromatic N) is 3. The minimum absolute atomic E-state index is 0.00241. The van der Waals surface area contributed by atoms with Crippen molar-refractivity contribution in [2.24, 2.45) is 0 Å². The molecule has 3 fully saturated rings. The molecule has 186 valence electrons. The molecule has 0 atom stereocenters. The summed E-state index contributed by atoms with van der Waals surface area (Å²) >= 11 is 0. The zero-order chi connectivity index (χ0) is 25.1. The van der Waals surface area contributed by atoms with Gasteiger partial charge in [0, 0.05) is 29.1 Å². The highest BCUT2D eigenvalue weighted by Gasteiger charge is 2.52. The number of halogens is 3. The third-order valence-electron chi connectivity index (χ3n) is 7.85. The molecule has 0 radical (unpaired) electrons. The number of imidazole rings is 1. The van der Waals surface area contributed by atoms with Gasteiger partial charge in [0.05, 0.1) is 24.2 Å². The predicted molar refractivity (Wildman–Crippen MR) is 128 cm³/mol. The second-order valence-corrected chi connectivity index (χ2v) is 9.88. The number of aliphatic hydroxyl groups is 1. The molecule has 0 amide bonds. The molecule has 1 saturated carbocycles. The number of anilines is 1. The van der Waals surface area contributed by atoms with Crippen LogP contribution in [0, 0.1) is 5.82 Å². The number of alkyl halides is 2. The molecule has 2 aliphatic heterocycles. The van der Waals surface area contributed by atoms with Gasteiger partial charge in [-0.25, -0.2) is 14.4 Å². The first-order valence-corrected chi connectivity index (χ1v) is 11.9. The van der Waals surface area contributed by atoms with E-state index in [9.17, 15) is 9.50 Å². The third-order valence-corrected chi connectivity index (χ3v) is 7.85. The van der Waals surface area contributed by atoms with E-state index in [1.165, 1.54) is 12.1 Å². The first kappa shape index (κ1) is 23.0. The number of benzene rings is 2. The van der Waals surface area contributed by atoms with Crippen LogP contribution in [0.3, 0.4) is 0 Å². The summed E-state index contributed by atoms with van der Waals surface area (Å²) in [6, 6.07) is 10.1. The Balaban J connectivity index is 1.41. The first-order chi connectivity index (χ1) is 17.3. The number of fused-ring (bicyclic) bond motifs is 4. The third kappa shape index (κ3) is 3.41. The zero-order valence-electron chi connectivity index (χ0n) is 19.4. The number of aromatic nitrogens is 3. The van der Waals surface area contributed by atoms with Crippen LogP contribution in [0.15, 0.2) is 60.9 Å². The van der Waals surface area contributed by atoms with Crippen molar-refractivity contribution in [1.82, 2.24) is 14.4 Å². The van der Waals surface area contributed by atoms with Gasteiger partial charge < -0.3 is 15.6 Å². The largest absolute Gasteiger partial charge is 0.393 e. The zero-order valence-corrected chi connectivity index (χ0v) is 19.4. The monoisotopic (exact) mass is 494 g/mol. The lowest BCUT2D eigenvalue weighted by Crippen LogP contribution is -2.55. The predicted octanol–water partition coefficient (Wildman–Crippen LogP) is 4.83. The Morgan fingerprint density at radius 1 is 1.00 bits per heavy atom. The van der Waals surface area contributed by atoms with Gasteiger partial charge in [0.2, 0.25) is 0 Å². The SMILES string of the molecule is Nc1nccn2c(C34CCC(CO)(CC3)OC4)nc(-c3ccc(C(F)(F)c4ccc(F)cc4)cc3)c12. The van der Waals surface area contributed by atoms with E-state index in [0.29, 0.717) is 29.2 Å². The molecule has 4 heterocycles. The van der Waals surface area contributed by atoms with Crippen LogP contribution >= 0.6 is 0 Å². The van der Waals surface area contributed by atoms with E-state index in [1.54, 1.807) is 18.3 Å². The Bertz CT molecular complexity index is 1410.